The first-order valence-electron chi connectivity index (χ1n) is 9.77. The van der Waals surface area contributed by atoms with Crippen LogP contribution < -0.4 is 5.32 Å². The predicted octanol–water partition coefficient (Wildman–Crippen LogP) is 5.36. The van der Waals surface area contributed by atoms with Crippen LogP contribution in [-0.4, -0.2) is 17.6 Å². The van der Waals surface area contributed by atoms with E-state index in [0.717, 1.165) is 32.2 Å². The zero-order chi connectivity index (χ0) is 17.5. The summed E-state index contributed by atoms with van der Waals surface area (Å²) in [4.78, 5) is 10.6. The van der Waals surface area contributed by atoms with Crippen LogP contribution in [0.25, 0.3) is 0 Å². The maximum absolute atomic E-state index is 10.6. The van der Waals surface area contributed by atoms with E-state index in [9.17, 15) is 4.79 Å². The second-order valence-corrected chi connectivity index (χ2v) is 6.70. The summed E-state index contributed by atoms with van der Waals surface area (Å²) in [7, 11) is 0. The molecule has 2 N–H and O–H groups in total. The smallest absolute Gasteiger partial charge is 0.219 e. The normalized spacial score (nSPS) is 14.3. The monoisotopic (exact) mass is 333 g/mol. The number of benzene rings is 1. The Kier molecular flexibility index (Phi) is 11.9. The number of hydrogen-bond acceptors (Lipinski definition) is 2. The lowest BCUT2D eigenvalue weighted by atomic mass is 10.0. The van der Waals surface area contributed by atoms with Crippen molar-refractivity contribution in [3.63, 3.8) is 0 Å². The Morgan fingerprint density at radius 2 is 1.58 bits per heavy atom. The third kappa shape index (κ3) is 11.1. The summed E-state index contributed by atoms with van der Waals surface area (Å²) in [6, 6.07) is 7.59. The molecule has 0 aromatic heterocycles. The third-order valence-electron chi connectivity index (χ3n) is 4.41. The fourth-order valence-electron chi connectivity index (χ4n) is 2.85. The molecule has 3 heteroatoms. The van der Waals surface area contributed by atoms with Crippen molar-refractivity contribution in [1.29, 1.82) is 0 Å². The minimum absolute atomic E-state index is 0.225. The van der Waals surface area contributed by atoms with Crippen LogP contribution in [0.2, 0.25) is 0 Å². The minimum atomic E-state index is 0.225. The Balaban J connectivity index is 0.000000300. The zero-order valence-corrected chi connectivity index (χ0v) is 15.4. The highest BCUT2D eigenvalue weighted by atomic mass is 16.3. The molecule has 0 aliphatic carbocycles. The molecule has 3 nitrogen and oxygen atoms in total. The van der Waals surface area contributed by atoms with Crippen LogP contribution in [0.4, 0.5) is 0 Å². The van der Waals surface area contributed by atoms with Crippen molar-refractivity contribution in [3.8, 4) is 5.75 Å². The van der Waals surface area contributed by atoms with Gasteiger partial charge in [-0.3, -0.25) is 4.79 Å². The molecule has 0 bridgehead atoms. The van der Waals surface area contributed by atoms with Crippen LogP contribution in [0.1, 0.15) is 83.1 Å². The summed E-state index contributed by atoms with van der Waals surface area (Å²) < 4.78 is 0. The lowest BCUT2D eigenvalue weighted by Gasteiger charge is -2.02. The van der Waals surface area contributed by atoms with Crippen molar-refractivity contribution in [1.82, 2.24) is 5.32 Å². The number of phenols is 1. The van der Waals surface area contributed by atoms with Gasteiger partial charge in [0.25, 0.3) is 0 Å². The maximum atomic E-state index is 10.6. The van der Waals surface area contributed by atoms with E-state index in [4.69, 9.17) is 5.11 Å². The van der Waals surface area contributed by atoms with Gasteiger partial charge < -0.3 is 10.4 Å². The van der Waals surface area contributed by atoms with Gasteiger partial charge in [-0.2, -0.15) is 0 Å². The van der Waals surface area contributed by atoms with Crippen LogP contribution in [-0.2, 0) is 11.2 Å². The number of nitrogens with one attached hydrogen (secondary N) is 1. The molecule has 0 saturated carbocycles. The number of amides is 1. The van der Waals surface area contributed by atoms with Crippen LogP contribution in [0.5, 0.6) is 5.75 Å². The van der Waals surface area contributed by atoms with Gasteiger partial charge in [0.05, 0.1) is 0 Å². The molecule has 1 saturated heterocycles. The highest BCUT2D eigenvalue weighted by Crippen LogP contribution is 2.13. The zero-order valence-electron chi connectivity index (χ0n) is 15.4. The molecule has 1 aromatic rings. The number of hydrogen-bond donors (Lipinski definition) is 2. The first kappa shape index (κ1) is 20.5. The van der Waals surface area contributed by atoms with Gasteiger partial charge >= 0.3 is 0 Å². The molecule has 136 valence electrons. The third-order valence-corrected chi connectivity index (χ3v) is 4.41. The van der Waals surface area contributed by atoms with Gasteiger partial charge in [0.15, 0.2) is 0 Å². The van der Waals surface area contributed by atoms with E-state index in [-0.39, 0.29) is 5.91 Å². The van der Waals surface area contributed by atoms with Crippen LogP contribution in [0, 0.1) is 0 Å². The molecule has 0 radical (unpaired) electrons. The Labute approximate surface area is 147 Å². The molecular formula is C21H35NO2. The molecule has 1 fully saturated rings. The average molecular weight is 334 g/mol. The van der Waals surface area contributed by atoms with Crippen LogP contribution >= 0.6 is 0 Å². The van der Waals surface area contributed by atoms with E-state index in [1.165, 1.54) is 56.9 Å². The van der Waals surface area contributed by atoms with E-state index in [1.54, 1.807) is 12.1 Å². The summed E-state index contributed by atoms with van der Waals surface area (Å²) in [6.07, 6.45) is 14.8. The van der Waals surface area contributed by atoms with Crippen LogP contribution in [0.3, 0.4) is 0 Å². The predicted molar refractivity (Wildman–Crippen MR) is 101 cm³/mol. The number of rotatable bonds is 8. The fraction of sp³-hybridized carbons (Fsp3) is 0.667. The van der Waals surface area contributed by atoms with Crippen molar-refractivity contribution in [2.24, 2.45) is 0 Å². The number of carbonyl (C=O) groups is 1. The molecule has 0 unspecified atom stereocenters. The summed E-state index contributed by atoms with van der Waals surface area (Å²) in [5.41, 5.74) is 1.34. The number of phenolic OH excluding ortho intramolecular Hbond substituents is 1. The Morgan fingerprint density at radius 1 is 0.917 bits per heavy atom. The van der Waals surface area contributed by atoms with Gasteiger partial charge in [-0.15, -0.1) is 0 Å². The van der Waals surface area contributed by atoms with E-state index < -0.39 is 0 Å². The quantitative estimate of drug-likeness (QED) is 0.629. The molecule has 1 aromatic carbocycles. The highest BCUT2D eigenvalue weighted by Gasteiger charge is 2.03. The molecule has 1 aliphatic heterocycles. The fourth-order valence-corrected chi connectivity index (χ4v) is 2.85. The van der Waals surface area contributed by atoms with E-state index in [1.807, 2.05) is 12.1 Å². The topological polar surface area (TPSA) is 49.3 Å². The highest BCUT2D eigenvalue weighted by molar-refractivity contribution is 5.75. The number of carbonyl (C=O) groups excluding carboxylic acids is 1. The first-order valence-corrected chi connectivity index (χ1v) is 9.77. The average Bonchev–Trinajstić information content (AvgIpc) is 2.84. The summed E-state index contributed by atoms with van der Waals surface area (Å²) >= 11 is 0. The Bertz CT molecular complexity index is 418. The molecule has 2 rings (SSSR count). The second-order valence-electron chi connectivity index (χ2n) is 6.70. The molecule has 1 aliphatic rings. The Morgan fingerprint density at radius 3 is 2.29 bits per heavy atom. The summed E-state index contributed by atoms with van der Waals surface area (Å²) in [5.74, 6) is 0.589. The second kappa shape index (κ2) is 13.9. The van der Waals surface area contributed by atoms with Gasteiger partial charge in [-0.05, 0) is 43.4 Å². The lowest BCUT2D eigenvalue weighted by Crippen LogP contribution is -2.21. The van der Waals surface area contributed by atoms with Gasteiger partial charge in [-0.1, -0.05) is 64.0 Å². The van der Waals surface area contributed by atoms with Gasteiger partial charge in [-0.25, -0.2) is 0 Å². The number of unbranched alkanes of at least 4 members (excludes halogenated alkanes) is 6. The summed E-state index contributed by atoms with van der Waals surface area (Å²) in [5, 5.41) is 12.0. The van der Waals surface area contributed by atoms with E-state index in [2.05, 4.69) is 12.2 Å². The van der Waals surface area contributed by atoms with Crippen LogP contribution in [0.15, 0.2) is 24.3 Å². The van der Waals surface area contributed by atoms with Crippen molar-refractivity contribution in [2.75, 3.05) is 6.54 Å². The number of aryl methyl sites for hydroxylation is 1. The van der Waals surface area contributed by atoms with Crippen molar-refractivity contribution in [3.05, 3.63) is 29.8 Å². The molecular weight excluding hydrogens is 298 g/mol. The van der Waals surface area contributed by atoms with Gasteiger partial charge in [0.1, 0.15) is 5.75 Å². The molecule has 0 spiro atoms. The Hall–Kier alpha value is -1.51. The number of aromatic hydroxyl groups is 1. The van der Waals surface area contributed by atoms with E-state index >= 15 is 0 Å². The van der Waals surface area contributed by atoms with Gasteiger partial charge in [0.2, 0.25) is 5.91 Å². The van der Waals surface area contributed by atoms with E-state index in [0.29, 0.717) is 5.75 Å². The van der Waals surface area contributed by atoms with Gasteiger partial charge in [0, 0.05) is 13.0 Å². The standard InChI is InChI=1S/C15H24O.C6H11NO/c1-2-3-4-5-6-7-8-9-14-10-12-15(16)13-11-14;8-6-4-2-1-3-5-7-6/h10-13,16H,2-9H2,1H3;1-5H2,(H,7,8). The molecule has 0 atom stereocenters. The van der Waals surface area contributed by atoms with Crippen molar-refractivity contribution < 1.29 is 9.90 Å². The SMILES string of the molecule is CCCCCCCCCc1ccc(O)cc1.O=C1CCCCCN1. The molecule has 1 heterocycles. The summed E-state index contributed by atoms with van der Waals surface area (Å²) in [6.45, 7) is 3.14. The largest absolute Gasteiger partial charge is 0.508 e. The maximum Gasteiger partial charge on any atom is 0.219 e. The van der Waals surface area contributed by atoms with Crippen molar-refractivity contribution in [2.45, 2.75) is 84.0 Å². The molecule has 1 amide bonds. The minimum Gasteiger partial charge on any atom is -0.508 e. The molecule has 24 heavy (non-hydrogen) atoms. The van der Waals surface area contributed by atoms with Crippen molar-refractivity contribution >= 4 is 5.91 Å². The first-order chi connectivity index (χ1) is 11.7. The lowest BCUT2D eigenvalue weighted by molar-refractivity contribution is -0.120.